The summed E-state index contributed by atoms with van der Waals surface area (Å²) in [7, 11) is 0. The lowest BCUT2D eigenvalue weighted by Crippen LogP contribution is -2.20. The lowest BCUT2D eigenvalue weighted by atomic mass is 10.2. The molecule has 0 saturated carbocycles. The van der Waals surface area contributed by atoms with Gasteiger partial charge in [0.1, 0.15) is 0 Å². The molecule has 0 heterocycles. The Morgan fingerprint density at radius 1 is 1.12 bits per heavy atom. The Morgan fingerprint density at radius 3 is 2.69 bits per heavy atom. The van der Waals surface area contributed by atoms with Crippen molar-refractivity contribution >= 4 is 51.0 Å². The summed E-state index contributed by atoms with van der Waals surface area (Å²) in [6, 6.07) is 16.9. The number of aliphatic imine (C=N–C) groups is 1. The van der Waals surface area contributed by atoms with Crippen LogP contribution in [0.25, 0.3) is 0 Å². The molecule has 0 aliphatic rings. The molecule has 0 unspecified atom stereocenters. The number of anilines is 1. The van der Waals surface area contributed by atoms with Crippen molar-refractivity contribution in [3.8, 4) is 11.5 Å². The Labute approximate surface area is 201 Å². The average Bonchev–Trinajstić information content (AvgIpc) is 2.74. The Hall–Kier alpha value is -2.83. The van der Waals surface area contributed by atoms with Crippen molar-refractivity contribution in [1.29, 1.82) is 0 Å². The number of aryl methyl sites for hydroxylation is 2. The monoisotopic (exact) mass is 514 g/mol. The van der Waals surface area contributed by atoms with E-state index in [0.717, 1.165) is 28.1 Å². The van der Waals surface area contributed by atoms with Gasteiger partial charge in [-0.15, -0.1) is 0 Å². The van der Waals surface area contributed by atoms with E-state index in [9.17, 15) is 4.79 Å². The van der Waals surface area contributed by atoms with Crippen LogP contribution in [0, 0.1) is 13.8 Å². The first kappa shape index (κ1) is 23.8. The fourth-order valence-electron chi connectivity index (χ4n) is 2.99. The second kappa shape index (κ2) is 11.2. The van der Waals surface area contributed by atoms with Gasteiger partial charge in [0.15, 0.2) is 18.1 Å². The molecule has 0 aliphatic heterocycles. The summed E-state index contributed by atoms with van der Waals surface area (Å²) in [6.45, 7) is 6.13. The Balaban J connectivity index is 1.75. The standard InChI is InChI=1S/C25H24BrClN2O3/c1-4-31-23-12-18(14-28-22-13-19(27)9-8-17(22)3)11-21(26)25(23)32-15-24(30)29-20-7-5-6-16(2)10-20/h5-14H,4,15H2,1-3H3,(H,29,30). The summed E-state index contributed by atoms with van der Waals surface area (Å²) < 4.78 is 12.2. The van der Waals surface area contributed by atoms with Gasteiger partial charge in [0.2, 0.25) is 0 Å². The van der Waals surface area contributed by atoms with E-state index in [2.05, 4.69) is 26.2 Å². The van der Waals surface area contributed by atoms with Crippen LogP contribution < -0.4 is 14.8 Å². The van der Waals surface area contributed by atoms with E-state index >= 15 is 0 Å². The van der Waals surface area contributed by atoms with E-state index in [0.29, 0.717) is 27.6 Å². The number of nitrogens with zero attached hydrogens (tertiary/aromatic N) is 1. The van der Waals surface area contributed by atoms with Crippen molar-refractivity contribution in [3.05, 3.63) is 80.8 Å². The van der Waals surface area contributed by atoms with Crippen LogP contribution in [0.15, 0.2) is 64.1 Å². The minimum Gasteiger partial charge on any atom is -0.490 e. The van der Waals surface area contributed by atoms with Gasteiger partial charge in [-0.05, 0) is 89.8 Å². The highest BCUT2D eigenvalue weighted by Crippen LogP contribution is 2.37. The molecule has 3 rings (SSSR count). The zero-order valence-electron chi connectivity index (χ0n) is 18.1. The van der Waals surface area contributed by atoms with Crippen LogP contribution in [-0.4, -0.2) is 25.3 Å². The number of ether oxygens (including phenoxy) is 2. The molecule has 166 valence electrons. The zero-order valence-corrected chi connectivity index (χ0v) is 20.5. The average molecular weight is 516 g/mol. The van der Waals surface area contributed by atoms with Crippen molar-refractivity contribution in [2.75, 3.05) is 18.5 Å². The number of carbonyl (C=O) groups excluding carboxylic acids is 1. The van der Waals surface area contributed by atoms with E-state index < -0.39 is 0 Å². The first-order valence-electron chi connectivity index (χ1n) is 10.1. The van der Waals surface area contributed by atoms with Crippen LogP contribution in [0.1, 0.15) is 23.6 Å². The maximum atomic E-state index is 12.3. The molecule has 5 nitrogen and oxygen atoms in total. The molecule has 1 amide bonds. The maximum absolute atomic E-state index is 12.3. The van der Waals surface area contributed by atoms with Crippen molar-refractivity contribution < 1.29 is 14.3 Å². The molecule has 1 N–H and O–H groups in total. The van der Waals surface area contributed by atoms with Crippen LogP contribution in [0.4, 0.5) is 11.4 Å². The highest BCUT2D eigenvalue weighted by atomic mass is 79.9. The second-order valence-electron chi connectivity index (χ2n) is 7.16. The molecule has 0 saturated heterocycles. The molecule has 0 atom stereocenters. The molecular weight excluding hydrogens is 492 g/mol. The predicted octanol–water partition coefficient (Wildman–Crippen LogP) is 6.89. The highest BCUT2D eigenvalue weighted by molar-refractivity contribution is 9.10. The molecule has 0 fully saturated rings. The van der Waals surface area contributed by atoms with Crippen molar-refractivity contribution in [3.63, 3.8) is 0 Å². The van der Waals surface area contributed by atoms with Crippen LogP contribution in [-0.2, 0) is 4.79 Å². The number of halogens is 2. The van der Waals surface area contributed by atoms with Gasteiger partial charge in [0.05, 0.1) is 16.8 Å². The second-order valence-corrected chi connectivity index (χ2v) is 8.45. The van der Waals surface area contributed by atoms with Crippen LogP contribution in [0.2, 0.25) is 5.02 Å². The summed E-state index contributed by atoms with van der Waals surface area (Å²) in [6.07, 6.45) is 1.74. The summed E-state index contributed by atoms with van der Waals surface area (Å²) in [5.41, 5.74) is 4.42. The van der Waals surface area contributed by atoms with Gasteiger partial charge in [-0.1, -0.05) is 29.8 Å². The van der Waals surface area contributed by atoms with Gasteiger partial charge in [0, 0.05) is 16.9 Å². The van der Waals surface area contributed by atoms with Crippen LogP contribution >= 0.6 is 27.5 Å². The largest absolute Gasteiger partial charge is 0.490 e. The molecule has 0 aliphatic carbocycles. The smallest absolute Gasteiger partial charge is 0.262 e. The van der Waals surface area contributed by atoms with E-state index in [4.69, 9.17) is 21.1 Å². The minimum atomic E-state index is -0.257. The lowest BCUT2D eigenvalue weighted by Gasteiger charge is -2.14. The van der Waals surface area contributed by atoms with Crippen molar-refractivity contribution in [1.82, 2.24) is 0 Å². The third kappa shape index (κ3) is 6.58. The minimum absolute atomic E-state index is 0.151. The lowest BCUT2D eigenvalue weighted by molar-refractivity contribution is -0.118. The molecule has 3 aromatic carbocycles. The summed E-state index contributed by atoms with van der Waals surface area (Å²) in [5.74, 6) is 0.726. The SMILES string of the molecule is CCOc1cc(C=Nc2cc(Cl)ccc2C)cc(Br)c1OCC(=O)Nc1cccc(C)c1. The third-order valence-corrected chi connectivity index (χ3v) is 5.33. The Kier molecular flexibility index (Phi) is 8.31. The van der Waals surface area contributed by atoms with Crippen molar-refractivity contribution in [2.45, 2.75) is 20.8 Å². The van der Waals surface area contributed by atoms with E-state index in [1.165, 1.54) is 0 Å². The topological polar surface area (TPSA) is 59.9 Å². The summed E-state index contributed by atoms with van der Waals surface area (Å²) in [4.78, 5) is 16.9. The molecular formula is C25H24BrClN2O3. The maximum Gasteiger partial charge on any atom is 0.262 e. The van der Waals surface area contributed by atoms with Gasteiger partial charge >= 0.3 is 0 Å². The van der Waals surface area contributed by atoms with Gasteiger partial charge in [-0.25, -0.2) is 0 Å². The molecule has 0 spiro atoms. The van der Waals surface area contributed by atoms with Gasteiger partial charge < -0.3 is 14.8 Å². The first-order valence-corrected chi connectivity index (χ1v) is 11.3. The van der Waals surface area contributed by atoms with Crippen molar-refractivity contribution in [2.24, 2.45) is 4.99 Å². The Bertz CT molecular complexity index is 1150. The van der Waals surface area contributed by atoms with Gasteiger partial charge in [-0.2, -0.15) is 0 Å². The molecule has 32 heavy (non-hydrogen) atoms. The van der Waals surface area contributed by atoms with Crippen LogP contribution in [0.3, 0.4) is 0 Å². The molecule has 7 heteroatoms. The molecule has 0 aromatic heterocycles. The molecule has 0 radical (unpaired) electrons. The fourth-order valence-corrected chi connectivity index (χ4v) is 3.73. The number of hydrogen-bond acceptors (Lipinski definition) is 4. The number of hydrogen-bond donors (Lipinski definition) is 1. The number of rotatable bonds is 8. The molecule has 0 bridgehead atoms. The number of benzene rings is 3. The summed E-state index contributed by atoms with van der Waals surface area (Å²) in [5, 5.41) is 3.46. The zero-order chi connectivity index (χ0) is 23.1. The number of nitrogens with one attached hydrogen (secondary N) is 1. The van der Waals surface area contributed by atoms with E-state index in [1.54, 1.807) is 6.21 Å². The summed E-state index contributed by atoms with van der Waals surface area (Å²) >= 11 is 9.61. The van der Waals surface area contributed by atoms with Crippen LogP contribution in [0.5, 0.6) is 11.5 Å². The molecule has 3 aromatic rings. The predicted molar refractivity (Wildman–Crippen MR) is 134 cm³/mol. The van der Waals surface area contributed by atoms with E-state index in [-0.39, 0.29) is 12.5 Å². The van der Waals surface area contributed by atoms with Gasteiger partial charge in [-0.3, -0.25) is 9.79 Å². The fraction of sp³-hybridized carbons (Fsp3) is 0.200. The number of amides is 1. The quantitative estimate of drug-likeness (QED) is 0.332. The van der Waals surface area contributed by atoms with E-state index in [1.807, 2.05) is 75.4 Å². The first-order chi connectivity index (χ1) is 15.4. The Morgan fingerprint density at radius 2 is 1.94 bits per heavy atom. The van der Waals surface area contributed by atoms with Gasteiger partial charge in [0.25, 0.3) is 5.91 Å². The third-order valence-electron chi connectivity index (χ3n) is 4.51. The number of carbonyl (C=O) groups is 1. The normalized spacial score (nSPS) is 10.9. The highest BCUT2D eigenvalue weighted by Gasteiger charge is 2.14.